The highest BCUT2D eigenvalue weighted by molar-refractivity contribution is 6.31. The lowest BCUT2D eigenvalue weighted by Gasteiger charge is -2.26. The van der Waals surface area contributed by atoms with Crippen molar-refractivity contribution in [2.45, 2.75) is 32.8 Å². The standard InChI is InChI=1S/C24H28ClFN4O4/c1-24(2,3)34-23(32)28-10-4-13-33-14-12-30(16-5-6-18(26)17(25)15-16)20-9-11-27-19-7-8-21(31)29-22(19)20/h5-9,11,15H,4,10,12-14H2,1-3H3,(H,28,32)(H,29,31). The number of carbonyl (C=O) groups excluding carboxylic acids is 1. The van der Waals surface area contributed by atoms with Crippen LogP contribution in [0.3, 0.4) is 0 Å². The van der Waals surface area contributed by atoms with Crippen LogP contribution in [-0.2, 0) is 9.47 Å². The summed E-state index contributed by atoms with van der Waals surface area (Å²) in [5.74, 6) is -0.651. The van der Waals surface area contributed by atoms with Gasteiger partial charge in [-0.2, -0.15) is 0 Å². The van der Waals surface area contributed by atoms with E-state index in [1.165, 1.54) is 18.2 Å². The Hall–Kier alpha value is -3.17. The summed E-state index contributed by atoms with van der Waals surface area (Å²) < 4.78 is 24.7. The van der Waals surface area contributed by atoms with Crippen molar-refractivity contribution >= 4 is 40.1 Å². The largest absolute Gasteiger partial charge is 0.493 e. The number of halogens is 2. The summed E-state index contributed by atoms with van der Waals surface area (Å²) in [6.07, 6.45) is 1.78. The van der Waals surface area contributed by atoms with Gasteiger partial charge in [-0.1, -0.05) is 11.6 Å². The number of fused-ring (bicyclic) bond motifs is 1. The van der Waals surface area contributed by atoms with Gasteiger partial charge in [0, 0.05) is 37.6 Å². The number of hydrogen-bond acceptors (Lipinski definition) is 7. The molecule has 2 aromatic heterocycles. The summed E-state index contributed by atoms with van der Waals surface area (Å²) in [5, 5.41) is 12.6. The Balaban J connectivity index is 1.65. The molecule has 0 aliphatic rings. The summed E-state index contributed by atoms with van der Waals surface area (Å²) in [5.41, 5.74) is 1.85. The lowest BCUT2D eigenvalue weighted by atomic mass is 10.2. The Kier molecular flexibility index (Phi) is 8.46. The van der Waals surface area contributed by atoms with Gasteiger partial charge in [0.25, 0.3) is 0 Å². The van der Waals surface area contributed by atoms with E-state index in [1.807, 2.05) is 4.90 Å². The monoisotopic (exact) mass is 490 g/mol. The lowest BCUT2D eigenvalue weighted by molar-refractivity contribution is 0.0520. The van der Waals surface area contributed by atoms with Crippen molar-refractivity contribution in [3.8, 4) is 5.88 Å². The minimum atomic E-state index is -0.546. The van der Waals surface area contributed by atoms with Gasteiger partial charge in [0.2, 0.25) is 5.88 Å². The van der Waals surface area contributed by atoms with Gasteiger partial charge in [-0.3, -0.25) is 4.98 Å². The number of rotatable bonds is 9. The van der Waals surface area contributed by atoms with Crippen LogP contribution in [0.2, 0.25) is 5.02 Å². The number of alkyl carbamates (subject to hydrolysis) is 1. The molecular weight excluding hydrogens is 463 g/mol. The smallest absolute Gasteiger partial charge is 0.407 e. The molecule has 0 unspecified atom stereocenters. The van der Waals surface area contributed by atoms with Gasteiger partial charge >= 0.3 is 6.09 Å². The van der Waals surface area contributed by atoms with E-state index in [2.05, 4.69) is 15.3 Å². The number of aromatic nitrogens is 2. The van der Waals surface area contributed by atoms with Crippen LogP contribution >= 0.6 is 11.6 Å². The molecular formula is C24H28ClFN4O4. The van der Waals surface area contributed by atoms with Crippen LogP contribution in [0, 0.1) is 5.82 Å². The first-order valence-corrected chi connectivity index (χ1v) is 11.2. The third kappa shape index (κ3) is 7.16. The molecule has 0 radical (unpaired) electrons. The highest BCUT2D eigenvalue weighted by Crippen LogP contribution is 2.33. The van der Waals surface area contributed by atoms with Crippen LogP contribution in [0.4, 0.5) is 20.6 Å². The van der Waals surface area contributed by atoms with Crippen LogP contribution in [0.5, 0.6) is 5.88 Å². The summed E-state index contributed by atoms with van der Waals surface area (Å²) >= 11 is 6.03. The minimum Gasteiger partial charge on any atom is -0.493 e. The van der Waals surface area contributed by atoms with Crippen molar-refractivity contribution in [1.29, 1.82) is 0 Å². The number of amides is 1. The number of anilines is 2. The molecule has 2 heterocycles. The van der Waals surface area contributed by atoms with Gasteiger partial charge in [-0.15, -0.1) is 0 Å². The van der Waals surface area contributed by atoms with Crippen molar-refractivity contribution in [3.63, 3.8) is 0 Å². The maximum atomic E-state index is 13.8. The van der Waals surface area contributed by atoms with E-state index in [0.717, 1.165) is 0 Å². The molecule has 3 aromatic rings. The molecule has 0 spiro atoms. The van der Waals surface area contributed by atoms with E-state index >= 15 is 0 Å². The number of benzene rings is 1. The first kappa shape index (κ1) is 25.5. The second-order valence-corrected chi connectivity index (χ2v) is 8.92. The predicted octanol–water partition coefficient (Wildman–Crippen LogP) is 5.20. The highest BCUT2D eigenvalue weighted by Gasteiger charge is 2.17. The van der Waals surface area contributed by atoms with Crippen LogP contribution in [0.15, 0.2) is 42.6 Å². The Bertz CT molecular complexity index is 1140. The zero-order chi connectivity index (χ0) is 24.7. The van der Waals surface area contributed by atoms with Crippen molar-refractivity contribution in [2.75, 3.05) is 31.2 Å². The Morgan fingerprint density at radius 2 is 2.00 bits per heavy atom. The molecule has 8 nitrogen and oxygen atoms in total. The fraction of sp³-hybridized carbons (Fsp3) is 0.375. The molecule has 2 N–H and O–H groups in total. The molecule has 34 heavy (non-hydrogen) atoms. The van der Waals surface area contributed by atoms with Gasteiger partial charge in [0.05, 0.1) is 22.8 Å². The lowest BCUT2D eigenvalue weighted by Crippen LogP contribution is -2.33. The van der Waals surface area contributed by atoms with Crippen LogP contribution < -0.4 is 10.2 Å². The van der Waals surface area contributed by atoms with Crippen LogP contribution in [0.1, 0.15) is 27.2 Å². The second-order valence-electron chi connectivity index (χ2n) is 8.51. The molecule has 0 fully saturated rings. The molecule has 0 aliphatic carbocycles. The number of carbonyl (C=O) groups is 1. The van der Waals surface area contributed by atoms with Crippen molar-refractivity contribution < 1.29 is 23.8 Å². The quantitative estimate of drug-likeness (QED) is 0.398. The van der Waals surface area contributed by atoms with Gasteiger partial charge in [-0.05, 0) is 57.5 Å². The minimum absolute atomic E-state index is 0.00852. The van der Waals surface area contributed by atoms with Gasteiger partial charge in [0.1, 0.15) is 16.9 Å². The third-order valence-corrected chi connectivity index (χ3v) is 4.94. The first-order valence-electron chi connectivity index (χ1n) is 10.9. The zero-order valence-corrected chi connectivity index (χ0v) is 20.1. The third-order valence-electron chi connectivity index (χ3n) is 4.65. The van der Waals surface area contributed by atoms with E-state index < -0.39 is 17.5 Å². The van der Waals surface area contributed by atoms with E-state index in [1.54, 1.807) is 45.2 Å². The van der Waals surface area contributed by atoms with Gasteiger partial charge in [0.15, 0.2) is 0 Å². The number of ether oxygens (including phenoxy) is 2. The van der Waals surface area contributed by atoms with Gasteiger partial charge < -0.3 is 24.8 Å². The average molecular weight is 491 g/mol. The number of nitrogens with one attached hydrogen (secondary N) is 1. The number of hydrogen-bond donors (Lipinski definition) is 2. The predicted molar refractivity (Wildman–Crippen MR) is 129 cm³/mol. The number of aromatic hydroxyl groups is 1. The molecule has 0 aliphatic heterocycles. The molecule has 0 saturated carbocycles. The molecule has 0 saturated heterocycles. The van der Waals surface area contributed by atoms with E-state index in [9.17, 15) is 14.3 Å². The topological polar surface area (TPSA) is 96.8 Å². The van der Waals surface area contributed by atoms with Crippen LogP contribution in [0.25, 0.3) is 11.0 Å². The summed E-state index contributed by atoms with van der Waals surface area (Å²) in [6, 6.07) is 9.33. The van der Waals surface area contributed by atoms with Crippen molar-refractivity contribution in [1.82, 2.24) is 15.3 Å². The van der Waals surface area contributed by atoms with E-state index in [4.69, 9.17) is 21.1 Å². The van der Waals surface area contributed by atoms with Crippen LogP contribution in [-0.4, -0.2) is 53.1 Å². The Labute approximate surface area is 202 Å². The Morgan fingerprint density at radius 3 is 2.74 bits per heavy atom. The fourth-order valence-electron chi connectivity index (χ4n) is 3.20. The van der Waals surface area contributed by atoms with Crippen molar-refractivity contribution in [3.05, 3.63) is 53.4 Å². The molecule has 0 atom stereocenters. The maximum Gasteiger partial charge on any atom is 0.407 e. The summed E-state index contributed by atoms with van der Waals surface area (Å²) in [4.78, 5) is 22.1. The normalized spacial score (nSPS) is 11.4. The van der Waals surface area contributed by atoms with E-state index in [0.29, 0.717) is 55.1 Å². The first-order chi connectivity index (χ1) is 16.1. The summed E-state index contributed by atoms with van der Waals surface area (Å²) in [6.45, 7) is 6.99. The summed E-state index contributed by atoms with van der Waals surface area (Å²) in [7, 11) is 0. The molecule has 0 bridgehead atoms. The molecule has 3 rings (SSSR count). The fourth-order valence-corrected chi connectivity index (χ4v) is 3.37. The molecule has 10 heteroatoms. The maximum absolute atomic E-state index is 13.8. The SMILES string of the molecule is CC(C)(C)OC(=O)NCCCOCCN(c1ccc(F)c(Cl)c1)c1ccnc2ccc(O)nc12. The molecule has 182 valence electrons. The number of nitrogens with zero attached hydrogens (tertiary/aromatic N) is 3. The van der Waals surface area contributed by atoms with Crippen molar-refractivity contribution in [2.24, 2.45) is 0 Å². The second kappa shape index (κ2) is 11.3. The molecule has 1 amide bonds. The van der Waals surface area contributed by atoms with E-state index in [-0.39, 0.29) is 10.9 Å². The average Bonchev–Trinajstić information content (AvgIpc) is 2.76. The van der Waals surface area contributed by atoms with Gasteiger partial charge in [-0.25, -0.2) is 14.2 Å². The molecule has 1 aromatic carbocycles. The Morgan fingerprint density at radius 1 is 1.21 bits per heavy atom. The zero-order valence-electron chi connectivity index (χ0n) is 19.3. The number of pyridine rings is 2. The highest BCUT2D eigenvalue weighted by atomic mass is 35.5.